The van der Waals surface area contributed by atoms with Crippen LogP contribution in [0, 0.1) is 0 Å². The second-order valence-electron chi connectivity index (χ2n) is 6.04. The number of aromatic nitrogens is 1. The summed E-state index contributed by atoms with van der Waals surface area (Å²) in [5.74, 6) is -0.0514. The van der Waals surface area contributed by atoms with Crippen LogP contribution in [0.5, 0.6) is 0 Å². The molecule has 1 N–H and O–H groups in total. The number of ketones is 1. The number of hydrogen-bond acceptors (Lipinski definition) is 2. The Hall–Kier alpha value is -2.10. The van der Waals surface area contributed by atoms with Crippen molar-refractivity contribution in [1.29, 1.82) is 0 Å². The van der Waals surface area contributed by atoms with Gasteiger partial charge in [0.15, 0.2) is 5.78 Å². The zero-order valence-electron chi connectivity index (χ0n) is 12.4. The van der Waals surface area contributed by atoms with E-state index in [0.717, 1.165) is 10.9 Å². The fourth-order valence-electron chi connectivity index (χ4n) is 2.27. The second-order valence-corrected chi connectivity index (χ2v) is 6.04. The summed E-state index contributed by atoms with van der Waals surface area (Å²) >= 11 is 0. The number of hydrogen-bond donors (Lipinski definition) is 1. The van der Waals surface area contributed by atoms with Gasteiger partial charge in [0.2, 0.25) is 5.91 Å². The van der Waals surface area contributed by atoms with E-state index < -0.39 is 0 Å². The molecule has 2 rings (SSSR count). The summed E-state index contributed by atoms with van der Waals surface area (Å²) in [6.07, 6.45) is 1.76. The number of nitrogens with zero attached hydrogens (tertiary/aromatic N) is 1. The van der Waals surface area contributed by atoms with Gasteiger partial charge in [-0.2, -0.15) is 0 Å². The number of amides is 1. The molecule has 1 aromatic heterocycles. The molecule has 1 aromatic carbocycles. The standard InChI is InChI=1S/C16H20N2O2/c1-11(19)13-9-18(10-15(20)17-16(2,3)4)14-8-6-5-7-12(13)14/h5-9H,10H2,1-4H3,(H,17,20). The van der Waals surface area contributed by atoms with E-state index >= 15 is 0 Å². The monoisotopic (exact) mass is 272 g/mol. The highest BCUT2D eigenvalue weighted by Crippen LogP contribution is 2.21. The Morgan fingerprint density at radius 1 is 1.20 bits per heavy atom. The van der Waals surface area contributed by atoms with Gasteiger partial charge in [-0.3, -0.25) is 9.59 Å². The fraction of sp³-hybridized carbons (Fsp3) is 0.375. The van der Waals surface area contributed by atoms with E-state index in [1.807, 2.05) is 49.6 Å². The lowest BCUT2D eigenvalue weighted by Crippen LogP contribution is -2.42. The molecule has 0 fully saturated rings. The van der Waals surface area contributed by atoms with Crippen LogP contribution < -0.4 is 5.32 Å². The van der Waals surface area contributed by atoms with Crippen molar-refractivity contribution in [2.75, 3.05) is 0 Å². The van der Waals surface area contributed by atoms with E-state index in [4.69, 9.17) is 0 Å². The van der Waals surface area contributed by atoms with Gasteiger partial charge in [0, 0.05) is 28.2 Å². The van der Waals surface area contributed by atoms with Gasteiger partial charge in [0.05, 0.1) is 0 Å². The van der Waals surface area contributed by atoms with E-state index in [1.165, 1.54) is 0 Å². The summed E-state index contributed by atoms with van der Waals surface area (Å²) in [5, 5.41) is 3.82. The molecular formula is C16H20N2O2. The largest absolute Gasteiger partial charge is 0.350 e. The highest BCUT2D eigenvalue weighted by molar-refractivity contribution is 6.07. The maximum atomic E-state index is 12.0. The number of rotatable bonds is 3. The minimum atomic E-state index is -0.260. The van der Waals surface area contributed by atoms with Gasteiger partial charge in [0.1, 0.15) is 6.54 Å². The van der Waals surface area contributed by atoms with Crippen LogP contribution >= 0.6 is 0 Å². The first-order valence-electron chi connectivity index (χ1n) is 6.68. The van der Waals surface area contributed by atoms with Crippen LogP contribution in [0.2, 0.25) is 0 Å². The molecule has 0 radical (unpaired) electrons. The average Bonchev–Trinajstić information content (AvgIpc) is 2.66. The van der Waals surface area contributed by atoms with Crippen molar-refractivity contribution in [3.05, 3.63) is 36.0 Å². The minimum Gasteiger partial charge on any atom is -0.350 e. The molecule has 0 aliphatic carbocycles. The lowest BCUT2D eigenvalue weighted by Gasteiger charge is -2.20. The van der Waals surface area contributed by atoms with Crippen molar-refractivity contribution in [3.8, 4) is 0 Å². The lowest BCUT2D eigenvalue weighted by molar-refractivity contribution is -0.123. The van der Waals surface area contributed by atoms with Crippen LogP contribution in [0.4, 0.5) is 0 Å². The minimum absolute atomic E-state index is 0.0104. The van der Waals surface area contributed by atoms with Gasteiger partial charge in [-0.15, -0.1) is 0 Å². The van der Waals surface area contributed by atoms with Gasteiger partial charge < -0.3 is 9.88 Å². The van der Waals surface area contributed by atoms with Gasteiger partial charge in [-0.05, 0) is 33.8 Å². The van der Waals surface area contributed by atoms with Crippen molar-refractivity contribution in [1.82, 2.24) is 9.88 Å². The van der Waals surface area contributed by atoms with E-state index in [2.05, 4.69) is 5.32 Å². The SMILES string of the molecule is CC(=O)c1cn(CC(=O)NC(C)(C)C)c2ccccc12. The van der Waals surface area contributed by atoms with Crippen molar-refractivity contribution in [3.63, 3.8) is 0 Å². The Bertz CT molecular complexity index is 663. The topological polar surface area (TPSA) is 51.1 Å². The third-order valence-electron chi connectivity index (χ3n) is 3.00. The Morgan fingerprint density at radius 2 is 1.85 bits per heavy atom. The van der Waals surface area contributed by atoms with Crippen LogP contribution in [-0.4, -0.2) is 21.8 Å². The summed E-state index contributed by atoms with van der Waals surface area (Å²) < 4.78 is 1.83. The summed E-state index contributed by atoms with van der Waals surface area (Å²) in [7, 11) is 0. The number of para-hydroxylation sites is 1. The first-order chi connectivity index (χ1) is 9.28. The quantitative estimate of drug-likeness (QED) is 0.873. The number of Topliss-reactive ketones (excluding diaryl/α,β-unsaturated/α-hetero) is 1. The zero-order valence-corrected chi connectivity index (χ0v) is 12.4. The van der Waals surface area contributed by atoms with E-state index in [0.29, 0.717) is 5.56 Å². The van der Waals surface area contributed by atoms with Crippen molar-refractivity contribution >= 4 is 22.6 Å². The van der Waals surface area contributed by atoms with Gasteiger partial charge in [0.25, 0.3) is 0 Å². The number of carbonyl (C=O) groups is 2. The maximum absolute atomic E-state index is 12.0. The molecule has 0 atom stereocenters. The normalized spacial score (nSPS) is 11.6. The molecule has 20 heavy (non-hydrogen) atoms. The molecule has 0 bridgehead atoms. The Kier molecular flexibility index (Phi) is 3.66. The third kappa shape index (κ3) is 3.07. The highest BCUT2D eigenvalue weighted by Gasteiger charge is 2.16. The summed E-state index contributed by atoms with van der Waals surface area (Å²) in [6.45, 7) is 7.59. The van der Waals surface area contributed by atoms with Crippen LogP contribution in [0.15, 0.2) is 30.5 Å². The number of carbonyl (C=O) groups excluding carboxylic acids is 2. The zero-order chi connectivity index (χ0) is 14.9. The van der Waals surface area contributed by atoms with E-state index in [9.17, 15) is 9.59 Å². The van der Waals surface area contributed by atoms with Crippen molar-refractivity contribution < 1.29 is 9.59 Å². The number of fused-ring (bicyclic) bond motifs is 1. The van der Waals surface area contributed by atoms with Gasteiger partial charge in [-0.1, -0.05) is 18.2 Å². The van der Waals surface area contributed by atoms with Crippen molar-refractivity contribution in [2.45, 2.75) is 39.8 Å². The predicted molar refractivity (Wildman–Crippen MR) is 79.8 cm³/mol. The third-order valence-corrected chi connectivity index (χ3v) is 3.00. The summed E-state index contributed by atoms with van der Waals surface area (Å²) in [4.78, 5) is 23.7. The molecule has 1 amide bonds. The Morgan fingerprint density at radius 3 is 2.45 bits per heavy atom. The smallest absolute Gasteiger partial charge is 0.240 e. The van der Waals surface area contributed by atoms with Crippen LogP contribution in [-0.2, 0) is 11.3 Å². The second kappa shape index (κ2) is 5.12. The highest BCUT2D eigenvalue weighted by atomic mass is 16.2. The Labute approximate surface area is 118 Å². The molecule has 0 unspecified atom stereocenters. The first-order valence-corrected chi connectivity index (χ1v) is 6.68. The molecule has 4 nitrogen and oxygen atoms in total. The van der Waals surface area contributed by atoms with Crippen LogP contribution in [0.1, 0.15) is 38.1 Å². The summed E-state index contributed by atoms with van der Waals surface area (Å²) in [6, 6.07) is 7.63. The lowest BCUT2D eigenvalue weighted by atomic mass is 10.1. The predicted octanol–water partition coefficient (Wildman–Crippen LogP) is 2.76. The average molecular weight is 272 g/mol. The molecule has 106 valence electrons. The molecule has 2 aromatic rings. The maximum Gasteiger partial charge on any atom is 0.240 e. The fourth-order valence-corrected chi connectivity index (χ4v) is 2.27. The first kappa shape index (κ1) is 14.3. The van der Waals surface area contributed by atoms with Gasteiger partial charge >= 0.3 is 0 Å². The summed E-state index contributed by atoms with van der Waals surface area (Å²) in [5.41, 5.74) is 1.30. The molecule has 0 spiro atoms. The number of nitrogens with one attached hydrogen (secondary N) is 1. The van der Waals surface area contributed by atoms with E-state index in [1.54, 1.807) is 13.1 Å². The molecule has 4 heteroatoms. The van der Waals surface area contributed by atoms with Crippen molar-refractivity contribution in [2.24, 2.45) is 0 Å². The molecule has 1 heterocycles. The molecular weight excluding hydrogens is 252 g/mol. The van der Waals surface area contributed by atoms with Gasteiger partial charge in [-0.25, -0.2) is 0 Å². The van der Waals surface area contributed by atoms with E-state index in [-0.39, 0.29) is 23.8 Å². The van der Waals surface area contributed by atoms with Crippen LogP contribution in [0.25, 0.3) is 10.9 Å². The molecule has 0 aliphatic heterocycles. The molecule has 0 saturated carbocycles. The number of benzene rings is 1. The Balaban J connectivity index is 2.36. The molecule has 0 aliphatic rings. The molecule has 0 saturated heterocycles. The van der Waals surface area contributed by atoms with Crippen LogP contribution in [0.3, 0.4) is 0 Å².